The second-order valence-electron chi connectivity index (χ2n) is 3.69. The smallest absolute Gasteiger partial charge is 0.220 e. The molecule has 1 aliphatic rings. The molecule has 0 saturated carbocycles. The molecule has 0 aliphatic carbocycles. The third-order valence-corrected chi connectivity index (χ3v) is 2.78. The van der Waals surface area contributed by atoms with E-state index in [1.807, 2.05) is 24.0 Å². The third-order valence-electron chi connectivity index (χ3n) is 2.53. The van der Waals surface area contributed by atoms with Gasteiger partial charge < -0.3 is 11.5 Å². The van der Waals surface area contributed by atoms with Gasteiger partial charge in [-0.3, -0.25) is 4.90 Å². The summed E-state index contributed by atoms with van der Waals surface area (Å²) in [5.41, 5.74) is 12.4. The minimum atomic E-state index is -0.117. The van der Waals surface area contributed by atoms with Crippen molar-refractivity contribution in [3.8, 4) is 0 Å². The Morgan fingerprint density at radius 1 is 1.29 bits per heavy atom. The average molecular weight is 252 g/mol. The number of rotatable bonds is 2. The predicted octanol–water partition coefficient (Wildman–Crippen LogP) is 1.53. The highest BCUT2D eigenvalue weighted by atomic mass is 35.5. The minimum absolute atomic E-state index is 0.117. The first kappa shape index (κ1) is 11.7. The lowest BCUT2D eigenvalue weighted by atomic mass is 10.2. The molecule has 6 heteroatoms. The van der Waals surface area contributed by atoms with E-state index < -0.39 is 0 Å². The maximum absolute atomic E-state index is 5.89. The van der Waals surface area contributed by atoms with Crippen LogP contribution < -0.4 is 16.4 Å². The van der Waals surface area contributed by atoms with Crippen molar-refractivity contribution in [2.45, 2.75) is 19.5 Å². The molecule has 1 heterocycles. The lowest BCUT2D eigenvalue weighted by Gasteiger charge is -2.31. The molecule has 90 valence electrons. The van der Waals surface area contributed by atoms with Crippen LogP contribution >= 0.6 is 11.6 Å². The van der Waals surface area contributed by atoms with Gasteiger partial charge >= 0.3 is 0 Å². The van der Waals surface area contributed by atoms with Crippen molar-refractivity contribution in [2.75, 3.05) is 4.90 Å². The quantitative estimate of drug-likeness (QED) is 0.836. The maximum atomic E-state index is 5.89. The minimum Gasteiger partial charge on any atom is -0.369 e. The molecule has 0 aromatic heterocycles. The van der Waals surface area contributed by atoms with Crippen LogP contribution in [0.15, 0.2) is 34.3 Å². The highest BCUT2D eigenvalue weighted by Gasteiger charge is 2.24. The molecule has 4 N–H and O–H groups in total. The van der Waals surface area contributed by atoms with Gasteiger partial charge in [0, 0.05) is 10.7 Å². The van der Waals surface area contributed by atoms with Gasteiger partial charge in [0.05, 0.1) is 0 Å². The summed E-state index contributed by atoms with van der Waals surface area (Å²) >= 11 is 5.85. The van der Waals surface area contributed by atoms with Gasteiger partial charge in [0.2, 0.25) is 11.9 Å². The first-order valence-corrected chi connectivity index (χ1v) is 5.72. The molecule has 0 radical (unpaired) electrons. The Hall–Kier alpha value is -1.75. The first-order chi connectivity index (χ1) is 8.11. The maximum Gasteiger partial charge on any atom is 0.220 e. The van der Waals surface area contributed by atoms with Crippen molar-refractivity contribution in [1.82, 2.24) is 0 Å². The second kappa shape index (κ2) is 4.63. The highest BCUT2D eigenvalue weighted by Crippen LogP contribution is 2.23. The first-order valence-electron chi connectivity index (χ1n) is 5.34. The van der Waals surface area contributed by atoms with Gasteiger partial charge in [-0.15, -0.1) is 0 Å². The van der Waals surface area contributed by atoms with Crippen molar-refractivity contribution >= 4 is 29.2 Å². The Balaban J connectivity index is 2.37. The van der Waals surface area contributed by atoms with E-state index in [1.54, 1.807) is 12.1 Å². The van der Waals surface area contributed by atoms with E-state index in [0.717, 1.165) is 12.1 Å². The molecule has 0 unspecified atom stereocenters. The number of aliphatic imine (C=N–C) groups is 2. The molecule has 0 amide bonds. The van der Waals surface area contributed by atoms with Gasteiger partial charge in [-0.2, -0.15) is 4.99 Å². The van der Waals surface area contributed by atoms with E-state index in [4.69, 9.17) is 23.1 Å². The molecule has 0 fully saturated rings. The SMILES string of the molecule is CC[C@H]1N=C(N)N=C(N)N1c1ccc(Cl)cc1. The van der Waals surface area contributed by atoms with Gasteiger partial charge in [-0.25, -0.2) is 4.99 Å². The zero-order chi connectivity index (χ0) is 12.4. The summed E-state index contributed by atoms with van der Waals surface area (Å²) in [7, 11) is 0. The topological polar surface area (TPSA) is 80.0 Å². The van der Waals surface area contributed by atoms with Crippen molar-refractivity contribution in [3.05, 3.63) is 29.3 Å². The fraction of sp³-hybridized carbons (Fsp3) is 0.273. The number of anilines is 1. The Labute approximate surface area is 105 Å². The zero-order valence-corrected chi connectivity index (χ0v) is 10.2. The summed E-state index contributed by atoms with van der Waals surface area (Å²) in [5, 5.41) is 0.678. The molecule has 1 aliphatic heterocycles. The summed E-state index contributed by atoms with van der Waals surface area (Å²) in [6.07, 6.45) is 0.674. The molecule has 0 saturated heterocycles. The summed E-state index contributed by atoms with van der Waals surface area (Å²) in [5.74, 6) is 0.575. The van der Waals surface area contributed by atoms with Crippen LogP contribution in [0.2, 0.25) is 5.02 Å². The van der Waals surface area contributed by atoms with Gasteiger partial charge in [0.1, 0.15) is 6.17 Å². The molecular formula is C11H14ClN5. The summed E-state index contributed by atoms with van der Waals surface area (Å²) < 4.78 is 0. The van der Waals surface area contributed by atoms with Crippen LogP contribution in [-0.2, 0) is 0 Å². The van der Waals surface area contributed by atoms with Crippen LogP contribution in [0.4, 0.5) is 5.69 Å². The lowest BCUT2D eigenvalue weighted by Crippen LogP contribution is -2.48. The van der Waals surface area contributed by atoms with Crippen LogP contribution in [0, 0.1) is 0 Å². The van der Waals surface area contributed by atoms with Crippen LogP contribution in [0.5, 0.6) is 0 Å². The van der Waals surface area contributed by atoms with E-state index in [2.05, 4.69) is 9.98 Å². The predicted molar refractivity (Wildman–Crippen MR) is 71.3 cm³/mol. The van der Waals surface area contributed by atoms with Crippen molar-refractivity contribution in [1.29, 1.82) is 0 Å². The molecule has 2 rings (SSSR count). The van der Waals surface area contributed by atoms with E-state index >= 15 is 0 Å². The fourth-order valence-electron chi connectivity index (χ4n) is 1.74. The number of benzene rings is 1. The summed E-state index contributed by atoms with van der Waals surface area (Å²) in [6.45, 7) is 2.02. The van der Waals surface area contributed by atoms with E-state index in [-0.39, 0.29) is 12.1 Å². The summed E-state index contributed by atoms with van der Waals surface area (Å²) in [4.78, 5) is 10.1. The zero-order valence-electron chi connectivity index (χ0n) is 9.47. The molecule has 0 spiro atoms. The van der Waals surface area contributed by atoms with Gasteiger partial charge in [0.25, 0.3) is 0 Å². The standard InChI is InChI=1S/C11H14ClN5/c1-2-9-15-10(13)16-11(14)17(9)8-5-3-7(12)4-6-8/h3-6,9H,2H2,1H3,(H4,13,14,15,16)/t9-/m0/s1. The van der Waals surface area contributed by atoms with Crippen LogP contribution in [-0.4, -0.2) is 18.1 Å². The lowest BCUT2D eigenvalue weighted by molar-refractivity contribution is 0.660. The summed E-state index contributed by atoms with van der Waals surface area (Å²) in [6, 6.07) is 7.37. The second-order valence-corrected chi connectivity index (χ2v) is 4.13. The fourth-order valence-corrected chi connectivity index (χ4v) is 1.87. The molecule has 5 nitrogen and oxygen atoms in total. The number of nitrogens with two attached hydrogens (primary N) is 2. The van der Waals surface area contributed by atoms with Gasteiger partial charge in [-0.1, -0.05) is 18.5 Å². The Kier molecular flexibility index (Phi) is 3.19. The number of hydrogen-bond donors (Lipinski definition) is 2. The Bertz CT molecular complexity index is 465. The molecule has 1 atom stereocenters. The molecule has 17 heavy (non-hydrogen) atoms. The Morgan fingerprint density at radius 3 is 2.53 bits per heavy atom. The van der Waals surface area contributed by atoms with E-state index in [9.17, 15) is 0 Å². The number of nitrogens with zero attached hydrogens (tertiary/aromatic N) is 3. The highest BCUT2D eigenvalue weighted by molar-refractivity contribution is 6.30. The number of halogens is 1. The van der Waals surface area contributed by atoms with E-state index in [0.29, 0.717) is 11.0 Å². The van der Waals surface area contributed by atoms with Gasteiger partial charge in [0.15, 0.2) is 0 Å². The van der Waals surface area contributed by atoms with Crippen molar-refractivity contribution in [3.63, 3.8) is 0 Å². The monoisotopic (exact) mass is 251 g/mol. The number of hydrogen-bond acceptors (Lipinski definition) is 5. The Morgan fingerprint density at radius 2 is 1.94 bits per heavy atom. The average Bonchev–Trinajstić information content (AvgIpc) is 2.30. The molecule has 0 bridgehead atoms. The molecule has 1 aromatic rings. The molecular weight excluding hydrogens is 238 g/mol. The van der Waals surface area contributed by atoms with Gasteiger partial charge in [-0.05, 0) is 30.7 Å². The third kappa shape index (κ3) is 2.34. The van der Waals surface area contributed by atoms with Crippen LogP contribution in [0.3, 0.4) is 0 Å². The van der Waals surface area contributed by atoms with Crippen molar-refractivity contribution < 1.29 is 0 Å². The van der Waals surface area contributed by atoms with Crippen LogP contribution in [0.1, 0.15) is 13.3 Å². The molecule has 1 aromatic carbocycles. The van der Waals surface area contributed by atoms with Crippen molar-refractivity contribution in [2.24, 2.45) is 21.5 Å². The van der Waals surface area contributed by atoms with Crippen LogP contribution in [0.25, 0.3) is 0 Å². The number of guanidine groups is 2. The van der Waals surface area contributed by atoms with E-state index in [1.165, 1.54) is 0 Å². The largest absolute Gasteiger partial charge is 0.369 e. The normalized spacial score (nSPS) is 19.9.